The molecule has 0 aliphatic carbocycles. The van der Waals surface area contributed by atoms with Gasteiger partial charge in [0, 0.05) is 10.8 Å². The van der Waals surface area contributed by atoms with Crippen LogP contribution in [0.25, 0.3) is 21.9 Å². The van der Waals surface area contributed by atoms with E-state index in [1.165, 1.54) is 0 Å². The third-order valence-electron chi connectivity index (χ3n) is 4.67. The summed E-state index contributed by atoms with van der Waals surface area (Å²) < 4.78 is 19.8. The van der Waals surface area contributed by atoms with E-state index < -0.39 is 0 Å². The largest absolute Gasteiger partial charge is 0.492 e. The Kier molecular flexibility index (Phi) is 9.04. The monoisotopic (exact) mass is 544 g/mol. The number of allylic oxidation sites excluding steroid dienone is 6. The molecular formula is C26H26Br2O3. The summed E-state index contributed by atoms with van der Waals surface area (Å²) in [6.07, 6.45) is 15.4. The first-order valence-electron chi connectivity index (χ1n) is 10.3. The number of furan rings is 1. The first kappa shape index (κ1) is 23.4. The minimum atomic E-state index is 0.640. The van der Waals surface area contributed by atoms with Crippen molar-refractivity contribution in [3.63, 3.8) is 0 Å². The molecule has 0 radical (unpaired) electrons. The average Bonchev–Trinajstić information content (AvgIpc) is 3.08. The Morgan fingerprint density at radius 2 is 1.19 bits per heavy atom. The van der Waals surface area contributed by atoms with Gasteiger partial charge in [-0.05, 0) is 81.8 Å². The first-order chi connectivity index (χ1) is 15.1. The van der Waals surface area contributed by atoms with Gasteiger partial charge in [0.2, 0.25) is 0 Å². The second-order valence-corrected chi connectivity index (χ2v) is 8.68. The van der Waals surface area contributed by atoms with Gasteiger partial charge in [-0.1, -0.05) is 49.6 Å². The van der Waals surface area contributed by atoms with Gasteiger partial charge in [-0.3, -0.25) is 0 Å². The summed E-state index contributed by atoms with van der Waals surface area (Å²) in [6, 6.07) is 7.98. The second-order valence-electron chi connectivity index (χ2n) is 6.97. The van der Waals surface area contributed by atoms with E-state index in [9.17, 15) is 0 Å². The van der Waals surface area contributed by atoms with Crippen LogP contribution in [0.2, 0.25) is 0 Å². The van der Waals surface area contributed by atoms with Crippen molar-refractivity contribution in [2.45, 2.75) is 25.7 Å². The maximum absolute atomic E-state index is 6.06. The average molecular weight is 546 g/mol. The molecular weight excluding hydrogens is 520 g/mol. The molecule has 162 valence electrons. The van der Waals surface area contributed by atoms with E-state index in [-0.39, 0.29) is 0 Å². The maximum Gasteiger partial charge on any atom is 0.136 e. The lowest BCUT2D eigenvalue weighted by Crippen LogP contribution is -1.97. The number of halogens is 2. The van der Waals surface area contributed by atoms with Gasteiger partial charge in [0.25, 0.3) is 0 Å². The quantitative estimate of drug-likeness (QED) is 0.168. The van der Waals surface area contributed by atoms with E-state index in [0.717, 1.165) is 68.1 Å². The molecule has 0 N–H and O–H groups in total. The summed E-state index contributed by atoms with van der Waals surface area (Å²) in [4.78, 5) is 0. The molecule has 0 aliphatic heterocycles. The summed E-state index contributed by atoms with van der Waals surface area (Å²) in [7, 11) is 0. The smallest absolute Gasteiger partial charge is 0.136 e. The van der Waals surface area contributed by atoms with Crippen LogP contribution >= 0.6 is 31.9 Å². The summed E-state index contributed by atoms with van der Waals surface area (Å²) in [5.74, 6) is 1.62. The molecule has 31 heavy (non-hydrogen) atoms. The van der Waals surface area contributed by atoms with Crippen LogP contribution in [0.3, 0.4) is 0 Å². The molecule has 0 aliphatic rings. The molecule has 0 unspecified atom stereocenters. The number of hydrogen-bond acceptors (Lipinski definition) is 3. The molecule has 0 saturated heterocycles. The number of hydrogen-bond donors (Lipinski definition) is 0. The molecule has 2 aromatic carbocycles. The molecule has 3 rings (SSSR count). The van der Waals surface area contributed by atoms with Crippen molar-refractivity contribution < 1.29 is 13.9 Å². The van der Waals surface area contributed by atoms with Gasteiger partial charge in [0.1, 0.15) is 22.7 Å². The zero-order valence-electron chi connectivity index (χ0n) is 17.4. The van der Waals surface area contributed by atoms with Crippen LogP contribution in [-0.4, -0.2) is 13.2 Å². The number of unbranched alkanes of at least 4 members (excludes halogenated alkanes) is 2. The molecule has 0 saturated carbocycles. The Morgan fingerprint density at radius 3 is 1.61 bits per heavy atom. The Labute approximate surface area is 200 Å². The SMILES string of the molecule is C=CC=CCCCOc1cc2c(cc1Br)oc1cc(Br)c(OCCCC=CC=C)cc12. The Bertz CT molecular complexity index is 1020. The van der Waals surface area contributed by atoms with E-state index >= 15 is 0 Å². The fourth-order valence-electron chi connectivity index (χ4n) is 3.15. The van der Waals surface area contributed by atoms with Crippen molar-refractivity contribution in [3.05, 3.63) is 82.8 Å². The van der Waals surface area contributed by atoms with Crippen molar-refractivity contribution in [1.82, 2.24) is 0 Å². The summed E-state index contributed by atoms with van der Waals surface area (Å²) in [6.45, 7) is 8.64. The number of fused-ring (bicyclic) bond motifs is 3. The number of benzene rings is 2. The molecule has 0 atom stereocenters. The summed E-state index contributed by atoms with van der Waals surface area (Å²) >= 11 is 7.20. The van der Waals surface area contributed by atoms with E-state index in [1.54, 1.807) is 12.2 Å². The van der Waals surface area contributed by atoms with Gasteiger partial charge >= 0.3 is 0 Å². The Hall–Kier alpha value is -2.24. The van der Waals surface area contributed by atoms with Crippen molar-refractivity contribution in [1.29, 1.82) is 0 Å². The normalized spacial score (nSPS) is 11.7. The highest BCUT2D eigenvalue weighted by Gasteiger charge is 2.14. The van der Waals surface area contributed by atoms with E-state index in [2.05, 4.69) is 57.2 Å². The van der Waals surface area contributed by atoms with Crippen molar-refractivity contribution in [3.8, 4) is 11.5 Å². The lowest BCUT2D eigenvalue weighted by molar-refractivity contribution is 0.310. The zero-order chi connectivity index (χ0) is 22.1. The number of ether oxygens (including phenoxy) is 2. The van der Waals surface area contributed by atoms with E-state index in [1.807, 2.05) is 36.4 Å². The van der Waals surface area contributed by atoms with Crippen LogP contribution in [0.15, 0.2) is 87.2 Å². The molecule has 3 nitrogen and oxygen atoms in total. The molecule has 1 heterocycles. The van der Waals surface area contributed by atoms with Crippen molar-refractivity contribution in [2.24, 2.45) is 0 Å². The zero-order valence-corrected chi connectivity index (χ0v) is 20.6. The molecule has 3 aromatic rings. The standard InChI is InChI=1S/C26H26Br2O3/c1-3-5-7-9-11-13-29-25-15-19-20-16-26(30-14-12-10-8-6-4-2)22(28)18-24(20)31-23(19)17-21(25)27/h3-8,15-18H,1-2,9-14H2. The molecule has 0 spiro atoms. The Balaban J connectivity index is 1.76. The third-order valence-corrected chi connectivity index (χ3v) is 5.91. The lowest BCUT2D eigenvalue weighted by Gasteiger charge is -2.08. The predicted molar refractivity (Wildman–Crippen MR) is 137 cm³/mol. The van der Waals surface area contributed by atoms with Gasteiger partial charge in [0.05, 0.1) is 22.2 Å². The first-order valence-corrected chi connectivity index (χ1v) is 11.9. The van der Waals surface area contributed by atoms with E-state index in [0.29, 0.717) is 13.2 Å². The van der Waals surface area contributed by atoms with Gasteiger partial charge in [-0.2, -0.15) is 0 Å². The van der Waals surface area contributed by atoms with Crippen molar-refractivity contribution in [2.75, 3.05) is 13.2 Å². The van der Waals surface area contributed by atoms with Gasteiger partial charge in [-0.25, -0.2) is 0 Å². The van der Waals surface area contributed by atoms with Crippen LogP contribution < -0.4 is 9.47 Å². The minimum absolute atomic E-state index is 0.640. The highest BCUT2D eigenvalue weighted by atomic mass is 79.9. The minimum Gasteiger partial charge on any atom is -0.492 e. The molecule has 5 heteroatoms. The molecule has 1 aromatic heterocycles. The third kappa shape index (κ3) is 6.37. The highest BCUT2D eigenvalue weighted by Crippen LogP contribution is 2.40. The van der Waals surface area contributed by atoms with Crippen LogP contribution in [0.4, 0.5) is 0 Å². The topological polar surface area (TPSA) is 31.6 Å². The molecule has 0 bridgehead atoms. The van der Waals surface area contributed by atoms with E-state index in [4.69, 9.17) is 13.9 Å². The van der Waals surface area contributed by atoms with Gasteiger partial charge in [0.15, 0.2) is 0 Å². The van der Waals surface area contributed by atoms with Crippen LogP contribution in [0.1, 0.15) is 25.7 Å². The van der Waals surface area contributed by atoms with Crippen LogP contribution in [0, 0.1) is 0 Å². The molecule has 0 fully saturated rings. The number of rotatable bonds is 12. The highest BCUT2D eigenvalue weighted by molar-refractivity contribution is 9.11. The second kappa shape index (κ2) is 12.0. The van der Waals surface area contributed by atoms with Crippen LogP contribution in [-0.2, 0) is 0 Å². The van der Waals surface area contributed by atoms with Crippen molar-refractivity contribution >= 4 is 53.8 Å². The lowest BCUT2D eigenvalue weighted by atomic mass is 10.1. The summed E-state index contributed by atoms with van der Waals surface area (Å²) in [5, 5.41) is 2.01. The van der Waals surface area contributed by atoms with Gasteiger partial charge < -0.3 is 13.9 Å². The predicted octanol–water partition coefficient (Wildman–Crippen LogP) is 8.91. The fourth-order valence-corrected chi connectivity index (χ4v) is 4.03. The molecule has 0 amide bonds. The van der Waals surface area contributed by atoms with Crippen LogP contribution in [0.5, 0.6) is 11.5 Å². The fraction of sp³-hybridized carbons (Fsp3) is 0.231. The summed E-state index contributed by atoms with van der Waals surface area (Å²) in [5.41, 5.74) is 1.61. The van der Waals surface area contributed by atoms with Gasteiger partial charge in [-0.15, -0.1) is 0 Å². The Morgan fingerprint density at radius 1 is 0.742 bits per heavy atom. The maximum atomic E-state index is 6.06.